The van der Waals surface area contributed by atoms with Crippen LogP contribution in [0.3, 0.4) is 0 Å². The van der Waals surface area contributed by atoms with Gasteiger partial charge in [-0.2, -0.15) is 0 Å². The molecule has 0 aromatic heterocycles. The van der Waals surface area contributed by atoms with Gasteiger partial charge in [0.1, 0.15) is 12.4 Å². The number of para-hydroxylation sites is 1. The number of hydrogen-bond acceptors (Lipinski definition) is 3. The number of likely N-dealkylation sites (tertiary alicyclic amines) is 1. The first-order valence-electron chi connectivity index (χ1n) is 8.21. The molecule has 1 heterocycles. The van der Waals surface area contributed by atoms with Gasteiger partial charge in [-0.1, -0.05) is 30.3 Å². The van der Waals surface area contributed by atoms with Crippen molar-refractivity contribution in [2.45, 2.75) is 25.5 Å². The van der Waals surface area contributed by atoms with Gasteiger partial charge in [0.05, 0.1) is 12.6 Å². The highest BCUT2D eigenvalue weighted by Crippen LogP contribution is 2.19. The second kappa shape index (κ2) is 7.84. The van der Waals surface area contributed by atoms with E-state index in [1.165, 1.54) is 0 Å². The summed E-state index contributed by atoms with van der Waals surface area (Å²) in [7, 11) is 0. The number of aliphatic hydroxyl groups is 1. The summed E-state index contributed by atoms with van der Waals surface area (Å²) in [6.07, 6.45) is 1.80. The second-order valence-corrected chi connectivity index (χ2v) is 5.90. The SMILES string of the molecule is O=C(Nc1ccc(COc2ccccc2)cc1)N1CCC[C@H]1CO. The third kappa shape index (κ3) is 4.06. The molecule has 2 aromatic carbocycles. The van der Waals surface area contributed by atoms with Crippen LogP contribution >= 0.6 is 0 Å². The van der Waals surface area contributed by atoms with Crippen LogP contribution in [0.1, 0.15) is 18.4 Å². The lowest BCUT2D eigenvalue weighted by Gasteiger charge is -2.23. The molecule has 2 N–H and O–H groups in total. The number of anilines is 1. The Morgan fingerprint density at radius 3 is 2.62 bits per heavy atom. The van der Waals surface area contributed by atoms with E-state index in [9.17, 15) is 9.90 Å². The van der Waals surface area contributed by atoms with Crippen molar-refractivity contribution >= 4 is 11.7 Å². The number of amides is 2. The van der Waals surface area contributed by atoms with Crippen molar-refractivity contribution in [3.8, 4) is 5.75 Å². The zero-order valence-corrected chi connectivity index (χ0v) is 13.5. The van der Waals surface area contributed by atoms with Crippen LogP contribution in [-0.2, 0) is 6.61 Å². The number of benzene rings is 2. The van der Waals surface area contributed by atoms with E-state index in [-0.39, 0.29) is 18.7 Å². The summed E-state index contributed by atoms with van der Waals surface area (Å²) < 4.78 is 5.70. The molecule has 5 heteroatoms. The van der Waals surface area contributed by atoms with Crippen LogP contribution in [0.2, 0.25) is 0 Å². The standard InChI is InChI=1S/C19H22N2O3/c22-13-17-5-4-12-21(17)19(23)20-16-10-8-15(9-11-16)14-24-18-6-2-1-3-7-18/h1-3,6-11,17,22H,4-5,12-14H2,(H,20,23)/t17-/m0/s1. The molecule has 126 valence electrons. The summed E-state index contributed by atoms with van der Waals surface area (Å²) >= 11 is 0. The monoisotopic (exact) mass is 326 g/mol. The molecule has 0 bridgehead atoms. The van der Waals surface area contributed by atoms with Gasteiger partial charge in [-0.05, 0) is 42.7 Å². The molecule has 5 nitrogen and oxygen atoms in total. The number of nitrogens with zero attached hydrogens (tertiary/aromatic N) is 1. The molecule has 0 aliphatic carbocycles. The normalized spacial score (nSPS) is 16.9. The van der Waals surface area contributed by atoms with E-state index in [1.807, 2.05) is 54.6 Å². The summed E-state index contributed by atoms with van der Waals surface area (Å²) in [5.41, 5.74) is 1.78. The minimum absolute atomic E-state index is 0.0170. The lowest BCUT2D eigenvalue weighted by molar-refractivity contribution is 0.166. The van der Waals surface area contributed by atoms with Gasteiger partial charge in [0, 0.05) is 12.2 Å². The van der Waals surface area contributed by atoms with E-state index < -0.39 is 0 Å². The average molecular weight is 326 g/mol. The molecule has 1 fully saturated rings. The minimum Gasteiger partial charge on any atom is -0.489 e. The van der Waals surface area contributed by atoms with E-state index >= 15 is 0 Å². The van der Waals surface area contributed by atoms with Crippen LogP contribution in [0.4, 0.5) is 10.5 Å². The minimum atomic E-state index is -0.153. The van der Waals surface area contributed by atoms with Crippen LogP contribution in [0.25, 0.3) is 0 Å². The third-order valence-corrected chi connectivity index (χ3v) is 4.20. The van der Waals surface area contributed by atoms with Crippen molar-refractivity contribution in [1.82, 2.24) is 4.90 Å². The molecule has 1 aliphatic heterocycles. The van der Waals surface area contributed by atoms with Crippen molar-refractivity contribution in [1.29, 1.82) is 0 Å². The molecule has 1 aliphatic rings. The predicted molar refractivity (Wildman–Crippen MR) is 93.0 cm³/mol. The maximum absolute atomic E-state index is 12.3. The van der Waals surface area contributed by atoms with Crippen LogP contribution in [0, 0.1) is 0 Å². The molecular formula is C19H22N2O3. The lowest BCUT2D eigenvalue weighted by Crippen LogP contribution is -2.40. The summed E-state index contributed by atoms with van der Waals surface area (Å²) in [4.78, 5) is 14.0. The summed E-state index contributed by atoms with van der Waals surface area (Å²) in [5, 5.41) is 12.2. The highest BCUT2D eigenvalue weighted by atomic mass is 16.5. The highest BCUT2D eigenvalue weighted by molar-refractivity contribution is 5.89. The fourth-order valence-corrected chi connectivity index (χ4v) is 2.86. The van der Waals surface area contributed by atoms with E-state index in [2.05, 4.69) is 5.32 Å². The van der Waals surface area contributed by atoms with Gasteiger partial charge in [0.15, 0.2) is 0 Å². The number of hydrogen-bond donors (Lipinski definition) is 2. The average Bonchev–Trinajstić information content (AvgIpc) is 3.11. The quantitative estimate of drug-likeness (QED) is 0.886. The Morgan fingerprint density at radius 2 is 1.92 bits per heavy atom. The Labute approximate surface area is 141 Å². The first kappa shape index (κ1) is 16.3. The fourth-order valence-electron chi connectivity index (χ4n) is 2.86. The first-order valence-corrected chi connectivity index (χ1v) is 8.21. The van der Waals surface area contributed by atoms with Crippen molar-refractivity contribution in [2.24, 2.45) is 0 Å². The Bertz CT molecular complexity index is 658. The number of nitrogens with one attached hydrogen (secondary N) is 1. The molecule has 0 radical (unpaired) electrons. The van der Waals surface area contributed by atoms with Crippen molar-refractivity contribution in [3.63, 3.8) is 0 Å². The van der Waals surface area contributed by atoms with Crippen LogP contribution < -0.4 is 10.1 Å². The Kier molecular flexibility index (Phi) is 5.33. The Morgan fingerprint density at radius 1 is 1.17 bits per heavy atom. The molecule has 2 aromatic rings. The summed E-state index contributed by atoms with van der Waals surface area (Å²) in [6, 6.07) is 17.0. The molecule has 1 atom stereocenters. The molecular weight excluding hydrogens is 304 g/mol. The van der Waals surface area contributed by atoms with Crippen molar-refractivity contribution < 1.29 is 14.6 Å². The number of carbonyl (C=O) groups excluding carboxylic acids is 1. The number of rotatable bonds is 5. The number of urea groups is 1. The Balaban J connectivity index is 1.53. The third-order valence-electron chi connectivity index (χ3n) is 4.20. The van der Waals surface area contributed by atoms with Gasteiger partial charge in [-0.3, -0.25) is 0 Å². The van der Waals surface area contributed by atoms with Gasteiger partial charge < -0.3 is 20.1 Å². The van der Waals surface area contributed by atoms with E-state index in [0.717, 1.165) is 29.8 Å². The maximum atomic E-state index is 12.3. The molecule has 1 saturated heterocycles. The molecule has 0 unspecified atom stereocenters. The molecule has 0 spiro atoms. The van der Waals surface area contributed by atoms with Gasteiger partial charge >= 0.3 is 6.03 Å². The first-order chi connectivity index (χ1) is 11.8. The van der Waals surface area contributed by atoms with Crippen LogP contribution in [-0.4, -0.2) is 35.2 Å². The van der Waals surface area contributed by atoms with Gasteiger partial charge in [0.2, 0.25) is 0 Å². The number of carbonyl (C=O) groups is 1. The Hall–Kier alpha value is -2.53. The van der Waals surface area contributed by atoms with Crippen LogP contribution in [0.5, 0.6) is 5.75 Å². The molecule has 3 rings (SSSR count). The largest absolute Gasteiger partial charge is 0.489 e. The van der Waals surface area contributed by atoms with Gasteiger partial charge in [-0.25, -0.2) is 4.79 Å². The smallest absolute Gasteiger partial charge is 0.322 e. The predicted octanol–water partition coefficient (Wildman–Crippen LogP) is 3.25. The molecule has 24 heavy (non-hydrogen) atoms. The molecule has 0 saturated carbocycles. The molecule has 2 amide bonds. The van der Waals surface area contributed by atoms with E-state index in [1.54, 1.807) is 4.90 Å². The fraction of sp³-hybridized carbons (Fsp3) is 0.316. The number of aliphatic hydroxyl groups excluding tert-OH is 1. The van der Waals surface area contributed by atoms with Gasteiger partial charge in [-0.15, -0.1) is 0 Å². The lowest BCUT2D eigenvalue weighted by atomic mass is 10.2. The van der Waals surface area contributed by atoms with E-state index in [4.69, 9.17) is 4.74 Å². The zero-order valence-electron chi connectivity index (χ0n) is 13.5. The van der Waals surface area contributed by atoms with Crippen molar-refractivity contribution in [2.75, 3.05) is 18.5 Å². The van der Waals surface area contributed by atoms with Crippen LogP contribution in [0.15, 0.2) is 54.6 Å². The maximum Gasteiger partial charge on any atom is 0.322 e. The van der Waals surface area contributed by atoms with Gasteiger partial charge in [0.25, 0.3) is 0 Å². The summed E-state index contributed by atoms with van der Waals surface area (Å²) in [6.45, 7) is 1.19. The number of ether oxygens (including phenoxy) is 1. The van der Waals surface area contributed by atoms with E-state index in [0.29, 0.717) is 13.2 Å². The summed E-state index contributed by atoms with van der Waals surface area (Å²) in [5.74, 6) is 0.832. The van der Waals surface area contributed by atoms with Crippen molar-refractivity contribution in [3.05, 3.63) is 60.2 Å². The zero-order chi connectivity index (χ0) is 16.8. The highest BCUT2D eigenvalue weighted by Gasteiger charge is 2.27. The topological polar surface area (TPSA) is 61.8 Å². The second-order valence-electron chi connectivity index (χ2n) is 5.90.